The van der Waals surface area contributed by atoms with Gasteiger partial charge in [0.05, 0.1) is 19.8 Å². The first kappa shape index (κ1) is 58.9. The minimum Gasteiger partial charge on any atom is -0.457 e. The Labute approximate surface area is 379 Å². The molecular weight excluding hydrogens is 813 g/mol. The van der Waals surface area contributed by atoms with Gasteiger partial charge < -0.3 is 34.3 Å². The Morgan fingerprint density at radius 3 is 1.45 bits per heavy atom. The summed E-state index contributed by atoms with van der Waals surface area (Å²) in [7, 11) is -5.06. The molecular formula is C49H94O12S. The number of aliphatic hydroxyl groups excluding tert-OH is 3. The van der Waals surface area contributed by atoms with E-state index in [1.165, 1.54) is 148 Å². The lowest BCUT2D eigenvalue weighted by molar-refractivity contribution is -0.301. The zero-order chi connectivity index (χ0) is 45.4. The van der Waals surface area contributed by atoms with Gasteiger partial charge in [0.2, 0.25) is 0 Å². The normalized spacial score (nSPS) is 20.0. The maximum absolute atomic E-state index is 12.9. The Morgan fingerprint density at radius 1 is 0.597 bits per heavy atom. The summed E-state index contributed by atoms with van der Waals surface area (Å²) >= 11 is 0. The van der Waals surface area contributed by atoms with Crippen molar-refractivity contribution in [3.63, 3.8) is 0 Å². The number of hydrogen-bond donors (Lipinski definition) is 4. The summed E-state index contributed by atoms with van der Waals surface area (Å²) in [6.45, 7) is 4.02. The lowest BCUT2D eigenvalue weighted by atomic mass is 9.99. The Hall–Kier alpha value is -1.16. The molecule has 6 atom stereocenters. The molecule has 0 radical (unpaired) electrons. The third-order valence-corrected chi connectivity index (χ3v) is 12.4. The van der Waals surface area contributed by atoms with Crippen LogP contribution in [0.2, 0.25) is 0 Å². The van der Waals surface area contributed by atoms with Crippen molar-refractivity contribution in [3.05, 3.63) is 12.2 Å². The topological polar surface area (TPSA) is 178 Å². The first-order chi connectivity index (χ1) is 30.1. The van der Waals surface area contributed by atoms with E-state index in [1.807, 2.05) is 0 Å². The van der Waals surface area contributed by atoms with Gasteiger partial charge in [0, 0.05) is 13.0 Å². The lowest BCUT2D eigenvalue weighted by Crippen LogP contribution is -2.60. The van der Waals surface area contributed by atoms with Gasteiger partial charge in [-0.15, -0.1) is 0 Å². The molecule has 1 aliphatic heterocycles. The Bertz CT molecular complexity index is 1140. The second-order valence-electron chi connectivity index (χ2n) is 17.8. The lowest BCUT2D eigenvalue weighted by Gasteiger charge is -2.41. The molecule has 1 saturated heterocycles. The van der Waals surface area contributed by atoms with Crippen LogP contribution >= 0.6 is 0 Å². The quantitative estimate of drug-likeness (QED) is 0.0197. The fraction of sp³-hybridized carbons (Fsp3) is 0.939. The number of aliphatic hydroxyl groups is 3. The Balaban J connectivity index is 2.35. The van der Waals surface area contributed by atoms with Gasteiger partial charge in [0.1, 0.15) is 30.5 Å². The van der Waals surface area contributed by atoms with E-state index in [2.05, 4.69) is 30.2 Å². The SMILES string of the molecule is CCCCCCCC/C=C\CCCCCCCC(=O)OC(COCCCCCCCCCCCCCCCCCCCCCC)COC1OC(CO)C(O)C(OS(=O)(=O)O)C1O. The van der Waals surface area contributed by atoms with E-state index in [1.54, 1.807) is 0 Å². The summed E-state index contributed by atoms with van der Waals surface area (Å²) < 4.78 is 59.2. The molecule has 13 heteroatoms. The van der Waals surface area contributed by atoms with Gasteiger partial charge in [-0.2, -0.15) is 8.42 Å². The van der Waals surface area contributed by atoms with Gasteiger partial charge >= 0.3 is 16.4 Å². The number of allylic oxidation sites excluding steroid dienone is 2. The van der Waals surface area contributed by atoms with E-state index in [4.69, 9.17) is 18.9 Å². The highest BCUT2D eigenvalue weighted by atomic mass is 32.3. The molecule has 1 aliphatic rings. The predicted octanol–water partition coefficient (Wildman–Crippen LogP) is 11.4. The van der Waals surface area contributed by atoms with E-state index in [0.29, 0.717) is 13.0 Å². The van der Waals surface area contributed by atoms with Crippen LogP contribution in [0.4, 0.5) is 0 Å². The van der Waals surface area contributed by atoms with Crippen molar-refractivity contribution in [2.45, 2.75) is 269 Å². The van der Waals surface area contributed by atoms with Gasteiger partial charge in [-0.05, 0) is 38.5 Å². The summed E-state index contributed by atoms with van der Waals surface area (Å²) in [6.07, 6.45) is 36.7. The number of ether oxygens (including phenoxy) is 4. The van der Waals surface area contributed by atoms with Crippen molar-refractivity contribution in [1.82, 2.24) is 0 Å². The Kier molecular flexibility index (Phi) is 39.2. The third-order valence-electron chi connectivity index (χ3n) is 11.9. The van der Waals surface area contributed by atoms with Crippen LogP contribution in [-0.4, -0.2) is 97.5 Å². The van der Waals surface area contributed by atoms with Crippen molar-refractivity contribution in [2.24, 2.45) is 0 Å². The highest BCUT2D eigenvalue weighted by Crippen LogP contribution is 2.26. The van der Waals surface area contributed by atoms with E-state index in [-0.39, 0.29) is 19.6 Å². The zero-order valence-electron chi connectivity index (χ0n) is 39.5. The number of hydrogen-bond acceptors (Lipinski definition) is 11. The average Bonchev–Trinajstić information content (AvgIpc) is 3.24. The first-order valence-electron chi connectivity index (χ1n) is 25.4. The van der Waals surface area contributed by atoms with Crippen molar-refractivity contribution in [1.29, 1.82) is 0 Å². The fourth-order valence-electron chi connectivity index (χ4n) is 8.02. The average molecular weight is 907 g/mol. The van der Waals surface area contributed by atoms with E-state index < -0.39 is 59.8 Å². The molecule has 0 aromatic heterocycles. The largest absolute Gasteiger partial charge is 0.457 e. The smallest absolute Gasteiger partial charge is 0.397 e. The monoisotopic (exact) mass is 907 g/mol. The van der Waals surface area contributed by atoms with Crippen LogP contribution in [0, 0.1) is 0 Å². The highest BCUT2D eigenvalue weighted by Gasteiger charge is 2.48. The van der Waals surface area contributed by atoms with Crippen LogP contribution in [0.25, 0.3) is 0 Å². The first-order valence-corrected chi connectivity index (χ1v) is 26.8. The molecule has 0 amide bonds. The summed E-state index contributed by atoms with van der Waals surface area (Å²) in [5.41, 5.74) is 0. The number of rotatable bonds is 45. The molecule has 0 aromatic rings. The third kappa shape index (κ3) is 34.2. The van der Waals surface area contributed by atoms with Crippen molar-refractivity contribution >= 4 is 16.4 Å². The van der Waals surface area contributed by atoms with Gasteiger partial charge in [0.15, 0.2) is 6.29 Å². The molecule has 368 valence electrons. The van der Waals surface area contributed by atoms with Crippen molar-refractivity contribution in [2.75, 3.05) is 26.4 Å². The Morgan fingerprint density at radius 2 is 1.02 bits per heavy atom. The number of carbonyl (C=O) groups is 1. The molecule has 0 bridgehead atoms. The second kappa shape index (κ2) is 41.3. The second-order valence-corrected chi connectivity index (χ2v) is 18.8. The van der Waals surface area contributed by atoms with E-state index in [9.17, 15) is 33.1 Å². The molecule has 1 fully saturated rings. The van der Waals surface area contributed by atoms with Crippen LogP contribution in [-0.2, 0) is 38.3 Å². The van der Waals surface area contributed by atoms with Crippen LogP contribution in [0.3, 0.4) is 0 Å². The van der Waals surface area contributed by atoms with Crippen LogP contribution in [0.1, 0.15) is 232 Å². The minimum absolute atomic E-state index is 0.0387. The van der Waals surface area contributed by atoms with Gasteiger partial charge in [-0.1, -0.05) is 199 Å². The molecule has 62 heavy (non-hydrogen) atoms. The molecule has 0 aliphatic carbocycles. The molecule has 1 rings (SSSR count). The minimum atomic E-state index is -5.06. The molecule has 1 heterocycles. The van der Waals surface area contributed by atoms with E-state index >= 15 is 0 Å². The van der Waals surface area contributed by atoms with Gasteiger partial charge in [-0.3, -0.25) is 9.35 Å². The van der Waals surface area contributed by atoms with Crippen LogP contribution in [0.5, 0.6) is 0 Å². The fourth-order valence-corrected chi connectivity index (χ4v) is 8.53. The number of esters is 1. The maximum atomic E-state index is 12.9. The summed E-state index contributed by atoms with van der Waals surface area (Å²) in [6, 6.07) is 0. The standard InChI is InChI=1S/C49H94O12S/c1-3-5-7-9-11-13-15-17-19-20-21-22-23-25-27-29-31-33-35-37-39-57-41-43(42-58-49-47(53)48(61-62(54,55)56)46(52)44(40-50)60-49)59-45(51)38-36-34-32-30-28-26-24-18-16-14-12-10-8-6-4-2/h18,24,43-44,46-50,52-53H,3-17,19-23,25-42H2,1-2H3,(H,54,55,56)/b24-18-. The summed E-state index contributed by atoms with van der Waals surface area (Å²) in [5.74, 6) is -0.403. The molecule has 4 N–H and O–H groups in total. The van der Waals surface area contributed by atoms with Crippen LogP contribution < -0.4 is 0 Å². The van der Waals surface area contributed by atoms with Gasteiger partial charge in [0.25, 0.3) is 0 Å². The zero-order valence-corrected chi connectivity index (χ0v) is 40.3. The maximum Gasteiger partial charge on any atom is 0.397 e. The van der Waals surface area contributed by atoms with Crippen molar-refractivity contribution in [3.8, 4) is 0 Å². The summed E-state index contributed by atoms with van der Waals surface area (Å²) in [4.78, 5) is 12.9. The van der Waals surface area contributed by atoms with Gasteiger partial charge in [-0.25, -0.2) is 4.18 Å². The van der Waals surface area contributed by atoms with E-state index in [0.717, 1.165) is 57.8 Å². The highest BCUT2D eigenvalue weighted by molar-refractivity contribution is 7.80. The number of carbonyl (C=O) groups excluding carboxylic acids is 1. The molecule has 0 aromatic carbocycles. The summed E-state index contributed by atoms with van der Waals surface area (Å²) in [5, 5.41) is 30.7. The molecule has 6 unspecified atom stereocenters. The number of unbranched alkanes of at least 4 members (excludes halogenated alkanes) is 30. The molecule has 0 spiro atoms. The molecule has 12 nitrogen and oxygen atoms in total. The van der Waals surface area contributed by atoms with Crippen LogP contribution in [0.15, 0.2) is 12.2 Å². The van der Waals surface area contributed by atoms with Crippen molar-refractivity contribution < 1.29 is 56.2 Å². The predicted molar refractivity (Wildman–Crippen MR) is 248 cm³/mol. The molecule has 0 saturated carbocycles.